The minimum absolute atomic E-state index is 0.0368. The zero-order valence-corrected chi connectivity index (χ0v) is 12.3. The molecule has 0 N–H and O–H groups in total. The smallest absolute Gasteiger partial charge is 0.339 e. The summed E-state index contributed by atoms with van der Waals surface area (Å²) in [7, 11) is 1.60. The van der Waals surface area contributed by atoms with E-state index in [4.69, 9.17) is 25.8 Å². The Balaban J connectivity index is 2.41. The Kier molecular flexibility index (Phi) is 7.66. The number of non-ortho nitro benzene ring substituents is 1. The second kappa shape index (κ2) is 9.28. The maximum atomic E-state index is 11.8. The first-order valence-corrected chi connectivity index (χ1v) is 6.61. The molecule has 0 aliphatic carbocycles. The fourth-order valence-electron chi connectivity index (χ4n) is 1.46. The van der Waals surface area contributed by atoms with E-state index in [1.54, 1.807) is 7.11 Å². The van der Waals surface area contributed by atoms with Crippen LogP contribution in [-0.4, -0.2) is 44.4 Å². The van der Waals surface area contributed by atoms with Crippen molar-refractivity contribution < 1.29 is 23.9 Å². The molecule has 0 spiro atoms. The van der Waals surface area contributed by atoms with E-state index in [1.165, 1.54) is 12.1 Å². The fraction of sp³-hybridized carbons (Fsp3) is 0.462. The van der Waals surface area contributed by atoms with E-state index in [-0.39, 0.29) is 29.5 Å². The Morgan fingerprint density at radius 2 is 2.05 bits per heavy atom. The largest absolute Gasteiger partial charge is 0.460 e. The van der Waals surface area contributed by atoms with Crippen LogP contribution in [0.2, 0.25) is 5.02 Å². The molecule has 1 rings (SSSR count). The summed E-state index contributed by atoms with van der Waals surface area (Å²) in [6.07, 6.45) is 0.751. The van der Waals surface area contributed by atoms with Gasteiger partial charge in [0.1, 0.15) is 6.61 Å². The Morgan fingerprint density at radius 3 is 2.71 bits per heavy atom. The van der Waals surface area contributed by atoms with Gasteiger partial charge in [0.05, 0.1) is 22.1 Å². The van der Waals surface area contributed by atoms with Gasteiger partial charge in [-0.25, -0.2) is 4.79 Å². The van der Waals surface area contributed by atoms with Crippen LogP contribution in [0.25, 0.3) is 0 Å². The van der Waals surface area contributed by atoms with E-state index in [9.17, 15) is 14.9 Å². The Hall–Kier alpha value is -1.70. The van der Waals surface area contributed by atoms with Crippen LogP contribution in [-0.2, 0) is 14.2 Å². The van der Waals surface area contributed by atoms with Gasteiger partial charge in [-0.05, 0) is 12.5 Å². The zero-order valence-electron chi connectivity index (χ0n) is 11.5. The summed E-state index contributed by atoms with van der Waals surface area (Å²) < 4.78 is 15.0. The molecule has 1 aromatic rings. The van der Waals surface area contributed by atoms with E-state index >= 15 is 0 Å². The number of nitro benzene ring substituents is 1. The Labute approximate surface area is 126 Å². The van der Waals surface area contributed by atoms with Crippen molar-refractivity contribution in [2.45, 2.75) is 6.42 Å². The number of benzene rings is 1. The number of carbonyl (C=O) groups excluding carboxylic acids is 1. The molecular weight excluding hydrogens is 302 g/mol. The molecule has 0 fully saturated rings. The predicted molar refractivity (Wildman–Crippen MR) is 75.7 cm³/mol. The number of ether oxygens (including phenoxy) is 3. The van der Waals surface area contributed by atoms with Crippen molar-refractivity contribution in [3.63, 3.8) is 0 Å². The molecule has 0 aliphatic heterocycles. The lowest BCUT2D eigenvalue weighted by molar-refractivity contribution is -0.384. The van der Waals surface area contributed by atoms with Crippen LogP contribution in [0.3, 0.4) is 0 Å². The SMILES string of the molecule is COCCCOCCOC(=O)c1cc([N+](=O)[O-])ccc1Cl. The first-order chi connectivity index (χ1) is 10.1. The first kappa shape index (κ1) is 17.4. The molecule has 0 aliphatic rings. The van der Waals surface area contributed by atoms with E-state index in [1.807, 2.05) is 0 Å². The molecule has 1 aromatic carbocycles. The molecule has 116 valence electrons. The summed E-state index contributed by atoms with van der Waals surface area (Å²) in [6.45, 7) is 1.39. The van der Waals surface area contributed by atoms with Gasteiger partial charge in [-0.15, -0.1) is 0 Å². The van der Waals surface area contributed by atoms with Gasteiger partial charge in [-0.2, -0.15) is 0 Å². The second-order valence-corrected chi connectivity index (χ2v) is 4.42. The number of rotatable bonds is 9. The summed E-state index contributed by atoms with van der Waals surface area (Å²) >= 11 is 5.82. The lowest BCUT2D eigenvalue weighted by Crippen LogP contribution is -2.12. The predicted octanol–water partition coefficient (Wildman–Crippen LogP) is 2.46. The number of esters is 1. The number of nitrogens with zero attached hydrogens (tertiary/aromatic N) is 1. The van der Waals surface area contributed by atoms with Crippen molar-refractivity contribution in [2.24, 2.45) is 0 Å². The molecule has 0 bridgehead atoms. The monoisotopic (exact) mass is 317 g/mol. The molecule has 7 nitrogen and oxygen atoms in total. The van der Waals surface area contributed by atoms with Crippen LogP contribution in [0.15, 0.2) is 18.2 Å². The Morgan fingerprint density at radius 1 is 1.29 bits per heavy atom. The molecule has 0 aromatic heterocycles. The summed E-state index contributed by atoms with van der Waals surface area (Å²) in [6, 6.07) is 3.60. The fourth-order valence-corrected chi connectivity index (χ4v) is 1.66. The number of carbonyl (C=O) groups is 1. The van der Waals surface area contributed by atoms with Gasteiger partial charge in [0, 0.05) is 32.5 Å². The lowest BCUT2D eigenvalue weighted by Gasteiger charge is -2.07. The third-order valence-electron chi connectivity index (χ3n) is 2.48. The number of halogens is 1. The maximum absolute atomic E-state index is 11.8. The molecule has 0 atom stereocenters. The van der Waals surface area contributed by atoms with Gasteiger partial charge in [-0.1, -0.05) is 11.6 Å². The number of hydrogen-bond acceptors (Lipinski definition) is 6. The van der Waals surface area contributed by atoms with E-state index in [2.05, 4.69) is 0 Å². The third-order valence-corrected chi connectivity index (χ3v) is 2.81. The molecule has 0 radical (unpaired) electrons. The maximum Gasteiger partial charge on any atom is 0.339 e. The van der Waals surface area contributed by atoms with Gasteiger partial charge in [0.2, 0.25) is 0 Å². The van der Waals surface area contributed by atoms with Gasteiger partial charge < -0.3 is 14.2 Å². The number of nitro groups is 1. The standard InChI is InChI=1S/C13H16ClNO6/c1-19-5-2-6-20-7-8-21-13(16)11-9-10(15(17)18)3-4-12(11)14/h3-4,9H,2,5-8H2,1H3. The number of hydrogen-bond donors (Lipinski definition) is 0. The average molecular weight is 318 g/mol. The normalized spacial score (nSPS) is 10.4. The zero-order chi connectivity index (χ0) is 15.7. The quantitative estimate of drug-likeness (QED) is 0.301. The number of methoxy groups -OCH3 is 1. The molecule has 21 heavy (non-hydrogen) atoms. The molecule has 0 saturated heterocycles. The molecule has 8 heteroatoms. The van der Waals surface area contributed by atoms with E-state index in [0.717, 1.165) is 12.5 Å². The summed E-state index contributed by atoms with van der Waals surface area (Å²) in [5.74, 6) is -0.718. The highest BCUT2D eigenvalue weighted by atomic mass is 35.5. The first-order valence-electron chi connectivity index (χ1n) is 6.24. The third kappa shape index (κ3) is 6.07. The topological polar surface area (TPSA) is 87.9 Å². The van der Waals surface area contributed by atoms with Crippen LogP contribution < -0.4 is 0 Å². The van der Waals surface area contributed by atoms with Gasteiger partial charge in [0.25, 0.3) is 5.69 Å². The van der Waals surface area contributed by atoms with Crippen LogP contribution in [0, 0.1) is 10.1 Å². The summed E-state index contributed by atoms with van der Waals surface area (Å²) in [5.41, 5.74) is -0.257. The summed E-state index contributed by atoms with van der Waals surface area (Å²) in [4.78, 5) is 21.8. The van der Waals surface area contributed by atoms with Crippen LogP contribution in [0.1, 0.15) is 16.8 Å². The lowest BCUT2D eigenvalue weighted by atomic mass is 10.2. The van der Waals surface area contributed by atoms with Crippen molar-refractivity contribution in [1.29, 1.82) is 0 Å². The van der Waals surface area contributed by atoms with Gasteiger partial charge in [0.15, 0.2) is 0 Å². The van der Waals surface area contributed by atoms with Gasteiger partial charge in [-0.3, -0.25) is 10.1 Å². The van der Waals surface area contributed by atoms with Crippen molar-refractivity contribution in [2.75, 3.05) is 33.5 Å². The van der Waals surface area contributed by atoms with Crippen LogP contribution in [0.4, 0.5) is 5.69 Å². The molecule has 0 saturated carbocycles. The highest BCUT2D eigenvalue weighted by molar-refractivity contribution is 6.33. The molecule has 0 amide bonds. The van der Waals surface area contributed by atoms with Crippen LogP contribution in [0.5, 0.6) is 0 Å². The highest BCUT2D eigenvalue weighted by Crippen LogP contribution is 2.22. The molecular formula is C13H16ClNO6. The van der Waals surface area contributed by atoms with Crippen LogP contribution >= 0.6 is 11.6 Å². The highest BCUT2D eigenvalue weighted by Gasteiger charge is 2.16. The molecule has 0 unspecified atom stereocenters. The average Bonchev–Trinajstić information content (AvgIpc) is 2.46. The van der Waals surface area contributed by atoms with Crippen molar-refractivity contribution >= 4 is 23.3 Å². The van der Waals surface area contributed by atoms with E-state index < -0.39 is 10.9 Å². The summed E-state index contributed by atoms with van der Waals surface area (Å²) in [5, 5.41) is 10.8. The van der Waals surface area contributed by atoms with E-state index in [0.29, 0.717) is 13.2 Å². The van der Waals surface area contributed by atoms with Gasteiger partial charge >= 0.3 is 5.97 Å². The Bertz CT molecular complexity index is 494. The van der Waals surface area contributed by atoms with Crippen molar-refractivity contribution in [1.82, 2.24) is 0 Å². The van der Waals surface area contributed by atoms with Crippen molar-refractivity contribution in [3.05, 3.63) is 38.9 Å². The van der Waals surface area contributed by atoms with Crippen molar-refractivity contribution in [3.8, 4) is 0 Å². The second-order valence-electron chi connectivity index (χ2n) is 4.02. The minimum Gasteiger partial charge on any atom is -0.460 e. The minimum atomic E-state index is -0.718. The molecule has 0 heterocycles.